The van der Waals surface area contributed by atoms with Gasteiger partial charge in [-0.3, -0.25) is 14.4 Å². The first-order valence-electron chi connectivity index (χ1n) is 12.0. The van der Waals surface area contributed by atoms with E-state index in [1.54, 1.807) is 0 Å². The molecular formula is C28H17Cl4F6NO3. The Bertz CT molecular complexity index is 1590. The lowest BCUT2D eigenvalue weighted by Crippen LogP contribution is -2.18. The van der Waals surface area contributed by atoms with Crippen LogP contribution in [0.5, 0.6) is 0 Å². The lowest BCUT2D eigenvalue weighted by molar-refractivity contribution is -0.140. The van der Waals surface area contributed by atoms with E-state index in [2.05, 4.69) is 5.32 Å². The molecule has 4 nitrogen and oxygen atoms in total. The third kappa shape index (κ3) is 6.56. The minimum atomic E-state index is -4.99. The Labute approximate surface area is 254 Å². The number of hydrogen-bond acceptors (Lipinski definition) is 3. The molecule has 1 aliphatic carbocycles. The second-order valence-corrected chi connectivity index (χ2v) is 11.6. The second-order valence-electron chi connectivity index (χ2n) is 9.50. The topological polar surface area (TPSA) is 63.2 Å². The first kappa shape index (κ1) is 32.1. The summed E-state index contributed by atoms with van der Waals surface area (Å²) in [7, 11) is 0. The Morgan fingerprint density at radius 2 is 1.57 bits per heavy atom. The van der Waals surface area contributed by atoms with Crippen molar-refractivity contribution in [2.24, 2.45) is 5.92 Å². The fourth-order valence-electron chi connectivity index (χ4n) is 4.52. The Hall–Kier alpha value is -2.79. The molecule has 14 heteroatoms. The van der Waals surface area contributed by atoms with E-state index in [1.807, 2.05) is 0 Å². The van der Waals surface area contributed by atoms with Crippen LogP contribution < -0.4 is 5.32 Å². The van der Waals surface area contributed by atoms with Crippen LogP contribution in [-0.4, -0.2) is 27.7 Å². The highest BCUT2D eigenvalue weighted by molar-refractivity contribution is 6.53. The van der Waals surface area contributed by atoms with Gasteiger partial charge in [0.1, 0.15) is 21.8 Å². The molecule has 0 heterocycles. The molecule has 222 valence electrons. The fourth-order valence-corrected chi connectivity index (χ4v) is 5.66. The number of halogens is 10. The maximum Gasteiger partial charge on any atom is 0.419 e. The van der Waals surface area contributed by atoms with Crippen LogP contribution in [0.15, 0.2) is 48.5 Å². The zero-order chi connectivity index (χ0) is 31.1. The van der Waals surface area contributed by atoms with Crippen molar-refractivity contribution in [3.63, 3.8) is 0 Å². The van der Waals surface area contributed by atoms with Crippen molar-refractivity contribution in [2.45, 2.75) is 29.3 Å². The molecule has 0 saturated heterocycles. The number of carbonyl (C=O) groups is 3. The van der Waals surface area contributed by atoms with Gasteiger partial charge in [0.2, 0.25) is 5.91 Å². The van der Waals surface area contributed by atoms with Gasteiger partial charge in [-0.15, -0.1) is 34.8 Å². The van der Waals surface area contributed by atoms with Gasteiger partial charge in [-0.05, 0) is 47.5 Å². The summed E-state index contributed by atoms with van der Waals surface area (Å²) < 4.78 is 80.5. The smallest absolute Gasteiger partial charge is 0.326 e. The molecule has 1 N–H and O–H groups in total. The summed E-state index contributed by atoms with van der Waals surface area (Å²) in [6.07, 6.45) is -6.17. The van der Waals surface area contributed by atoms with Crippen LogP contribution in [0.2, 0.25) is 5.02 Å². The van der Waals surface area contributed by atoms with Crippen LogP contribution in [0.3, 0.4) is 0 Å². The van der Waals surface area contributed by atoms with E-state index < -0.39 is 87.1 Å². The van der Waals surface area contributed by atoms with Crippen molar-refractivity contribution < 1.29 is 40.7 Å². The molecule has 2 atom stereocenters. The number of benzene rings is 3. The molecule has 1 fully saturated rings. The maximum atomic E-state index is 14.9. The molecular weight excluding hydrogens is 654 g/mol. The van der Waals surface area contributed by atoms with Crippen LogP contribution in [0.25, 0.3) is 0 Å². The van der Waals surface area contributed by atoms with E-state index in [4.69, 9.17) is 46.4 Å². The summed E-state index contributed by atoms with van der Waals surface area (Å²) in [5.74, 6) is -8.49. The van der Waals surface area contributed by atoms with Gasteiger partial charge < -0.3 is 5.32 Å². The monoisotopic (exact) mass is 669 g/mol. The van der Waals surface area contributed by atoms with Crippen molar-refractivity contribution in [1.29, 1.82) is 0 Å². The van der Waals surface area contributed by atoms with Gasteiger partial charge in [-0.25, -0.2) is 13.2 Å². The van der Waals surface area contributed by atoms with Crippen molar-refractivity contribution >= 4 is 69.6 Å². The third-order valence-electron chi connectivity index (χ3n) is 6.67. The summed E-state index contributed by atoms with van der Waals surface area (Å²) in [5, 5.41) is 2.41. The normalized spacial score (nSPS) is 17.6. The predicted octanol–water partition coefficient (Wildman–Crippen LogP) is 8.08. The zero-order valence-electron chi connectivity index (χ0n) is 20.9. The summed E-state index contributed by atoms with van der Waals surface area (Å²) in [6, 6.07) is 7.93. The van der Waals surface area contributed by atoms with E-state index in [1.165, 1.54) is 18.2 Å². The third-order valence-corrected chi connectivity index (χ3v) is 8.23. The van der Waals surface area contributed by atoms with Crippen molar-refractivity contribution in [1.82, 2.24) is 0 Å². The van der Waals surface area contributed by atoms with Gasteiger partial charge in [-0.2, -0.15) is 13.2 Å². The summed E-state index contributed by atoms with van der Waals surface area (Å²) in [6.45, 7) is 0. The molecule has 0 spiro atoms. The number of Topliss-reactive ketones (excluding diaryl/α,β-unsaturated/α-hetero) is 2. The number of anilines is 1. The molecule has 0 bridgehead atoms. The van der Waals surface area contributed by atoms with E-state index in [0.29, 0.717) is 12.1 Å². The van der Waals surface area contributed by atoms with E-state index in [0.717, 1.165) is 18.2 Å². The number of amides is 1. The Kier molecular flexibility index (Phi) is 9.23. The van der Waals surface area contributed by atoms with Crippen LogP contribution in [0.1, 0.15) is 38.5 Å². The van der Waals surface area contributed by atoms with Crippen LogP contribution in [-0.2, 0) is 28.6 Å². The van der Waals surface area contributed by atoms with Gasteiger partial charge in [-0.1, -0.05) is 23.7 Å². The predicted molar refractivity (Wildman–Crippen MR) is 146 cm³/mol. The SMILES string of the molecule is O=C(CCl)Cc1c(F)ccc(CC(=O)c2cc(NC(=O)[C@H]3[C@H](c4ccc(F)c(C(F)(F)F)c4)C3(Cl)Cl)ccc2Cl)c1F. The highest BCUT2D eigenvalue weighted by atomic mass is 35.5. The molecule has 0 aromatic heterocycles. The number of ketones is 2. The van der Waals surface area contributed by atoms with Crippen LogP contribution in [0, 0.1) is 23.4 Å². The molecule has 0 aliphatic heterocycles. The molecule has 3 aromatic rings. The van der Waals surface area contributed by atoms with E-state index >= 15 is 0 Å². The zero-order valence-corrected chi connectivity index (χ0v) is 23.9. The molecule has 0 radical (unpaired) electrons. The first-order valence-corrected chi connectivity index (χ1v) is 13.6. The number of rotatable bonds is 9. The molecule has 3 aromatic carbocycles. The lowest BCUT2D eigenvalue weighted by Gasteiger charge is -2.11. The molecule has 0 unspecified atom stereocenters. The van der Waals surface area contributed by atoms with Gasteiger partial charge in [0.15, 0.2) is 11.6 Å². The lowest BCUT2D eigenvalue weighted by atomic mass is 9.98. The average Bonchev–Trinajstić information content (AvgIpc) is 3.50. The summed E-state index contributed by atoms with van der Waals surface area (Å²) >= 11 is 24.0. The van der Waals surface area contributed by atoms with Crippen LogP contribution >= 0.6 is 46.4 Å². The largest absolute Gasteiger partial charge is 0.419 e. The second kappa shape index (κ2) is 12.1. The minimum Gasteiger partial charge on any atom is -0.326 e. The number of alkyl halides is 6. The van der Waals surface area contributed by atoms with Crippen molar-refractivity contribution in [3.05, 3.63) is 98.8 Å². The number of hydrogen-bond donors (Lipinski definition) is 1. The van der Waals surface area contributed by atoms with Gasteiger partial charge in [0, 0.05) is 35.6 Å². The highest BCUT2D eigenvalue weighted by Crippen LogP contribution is 2.65. The number of nitrogens with one attached hydrogen (secondary N) is 1. The molecule has 42 heavy (non-hydrogen) atoms. The first-order chi connectivity index (χ1) is 19.6. The fraction of sp³-hybridized carbons (Fsp3) is 0.250. The van der Waals surface area contributed by atoms with Crippen molar-refractivity contribution in [2.75, 3.05) is 11.2 Å². The van der Waals surface area contributed by atoms with Crippen LogP contribution in [0.4, 0.5) is 32.0 Å². The molecule has 1 aliphatic rings. The quantitative estimate of drug-likeness (QED) is 0.142. The standard InChI is InChI=1S/C28H17Cl4F6NO3/c29-11-15(40)10-17-20(33)5-2-13(25(17)35)8-22(41)16-9-14(3-4-19(16)30)39-26(42)24-23(27(24,31)32)12-1-6-21(34)18(7-12)28(36,37)38/h1-7,9,23-24H,8,10-11H2,(H,39,42)/t23-,24+/m0/s1. The van der Waals surface area contributed by atoms with E-state index in [-0.39, 0.29) is 27.4 Å². The van der Waals surface area contributed by atoms with E-state index in [9.17, 15) is 40.7 Å². The minimum absolute atomic E-state index is 0.0330. The summed E-state index contributed by atoms with van der Waals surface area (Å²) in [4.78, 5) is 37.6. The molecule has 1 amide bonds. The van der Waals surface area contributed by atoms with Crippen molar-refractivity contribution in [3.8, 4) is 0 Å². The summed E-state index contributed by atoms with van der Waals surface area (Å²) in [5.41, 5.74) is -2.49. The number of carbonyl (C=O) groups excluding carboxylic acids is 3. The molecule has 4 rings (SSSR count). The maximum absolute atomic E-state index is 14.9. The molecule has 1 saturated carbocycles. The van der Waals surface area contributed by atoms with Gasteiger partial charge in [0.25, 0.3) is 0 Å². The van der Waals surface area contributed by atoms with Gasteiger partial charge >= 0.3 is 6.18 Å². The Morgan fingerprint density at radius 1 is 0.905 bits per heavy atom. The van der Waals surface area contributed by atoms with Gasteiger partial charge in [0.05, 0.1) is 22.4 Å². The Balaban J connectivity index is 1.53. The average molecular weight is 671 g/mol. The highest BCUT2D eigenvalue weighted by Gasteiger charge is 2.67. The Morgan fingerprint density at radius 3 is 2.21 bits per heavy atom.